The number of hydrogen-bond acceptors (Lipinski definition) is 6. The minimum Gasteiger partial charge on any atom is -1.00 e. The van der Waals surface area contributed by atoms with Gasteiger partial charge in [0.05, 0.1) is 0 Å². The summed E-state index contributed by atoms with van der Waals surface area (Å²) in [6, 6.07) is 15.8. The van der Waals surface area contributed by atoms with Gasteiger partial charge >= 0.3 is 0 Å². The minimum atomic E-state index is 0. The molecule has 2 aromatic carbocycles. The highest BCUT2D eigenvalue weighted by atomic mass is 35.5. The molecule has 3 aromatic rings. The Morgan fingerprint density at radius 1 is 1.15 bits per heavy atom. The maximum absolute atomic E-state index is 5.90. The van der Waals surface area contributed by atoms with E-state index in [-0.39, 0.29) is 12.4 Å². The number of aryl methyl sites for hydroxylation is 1. The second-order valence-corrected chi connectivity index (χ2v) is 7.17. The van der Waals surface area contributed by atoms with Crippen LogP contribution in [0.5, 0.6) is 5.75 Å². The van der Waals surface area contributed by atoms with Gasteiger partial charge in [-0.2, -0.15) is 0 Å². The van der Waals surface area contributed by atoms with Gasteiger partial charge in [-0.15, -0.1) is 5.10 Å². The van der Waals surface area contributed by atoms with Crippen LogP contribution in [0, 0.1) is 0 Å². The quantitative estimate of drug-likeness (QED) is 0.394. The Balaban J connectivity index is 0.00000261. The van der Waals surface area contributed by atoms with Crippen molar-refractivity contribution in [2.24, 2.45) is 7.05 Å². The van der Waals surface area contributed by atoms with E-state index in [1.54, 1.807) is 16.4 Å². The standard InChI is InChI=1S/C18H20ClN5OS.ClH/c1-24-18(21-22-23-24)26-10-9-20-12-15-3-2-4-17(11-15)25-13-14-5-7-16(19)8-6-14;/h2-8,11,20H,9-10,12-13H2,1H3;1H/p-1. The molecule has 0 bridgehead atoms. The molecular formula is C18H20Cl2N5OS-. The summed E-state index contributed by atoms with van der Waals surface area (Å²) in [6.45, 7) is 2.18. The van der Waals surface area contributed by atoms with E-state index in [2.05, 4.69) is 33.0 Å². The summed E-state index contributed by atoms with van der Waals surface area (Å²) in [5.41, 5.74) is 2.28. The maximum Gasteiger partial charge on any atom is 0.209 e. The highest BCUT2D eigenvalue weighted by Crippen LogP contribution is 2.17. The molecule has 0 radical (unpaired) electrons. The number of hydrogen-bond donors (Lipinski definition) is 1. The SMILES string of the molecule is Cn1nnnc1SCCNCc1cccc(OCc2ccc(Cl)cc2)c1.[Cl-]. The largest absolute Gasteiger partial charge is 1.00 e. The number of tetrazole rings is 1. The van der Waals surface area contributed by atoms with Crippen LogP contribution in [0.1, 0.15) is 11.1 Å². The summed E-state index contributed by atoms with van der Waals surface area (Å²) in [5, 5.41) is 16.4. The second kappa shape index (κ2) is 11.1. The molecule has 6 nitrogen and oxygen atoms in total. The van der Waals surface area contributed by atoms with Crippen molar-refractivity contribution in [3.8, 4) is 5.75 Å². The normalized spacial score (nSPS) is 10.4. The Hall–Kier alpha value is -1.80. The van der Waals surface area contributed by atoms with Crippen LogP contribution in [-0.4, -0.2) is 32.5 Å². The van der Waals surface area contributed by atoms with E-state index < -0.39 is 0 Å². The number of benzene rings is 2. The zero-order valence-corrected chi connectivity index (χ0v) is 17.1. The van der Waals surface area contributed by atoms with E-state index in [1.807, 2.05) is 43.4 Å². The summed E-state index contributed by atoms with van der Waals surface area (Å²) in [4.78, 5) is 0. The molecule has 0 aliphatic carbocycles. The zero-order valence-electron chi connectivity index (χ0n) is 14.8. The Morgan fingerprint density at radius 2 is 1.96 bits per heavy atom. The van der Waals surface area contributed by atoms with E-state index in [0.717, 1.165) is 40.3 Å². The van der Waals surface area contributed by atoms with Crippen molar-refractivity contribution in [1.82, 2.24) is 25.5 Å². The van der Waals surface area contributed by atoms with E-state index in [4.69, 9.17) is 16.3 Å². The summed E-state index contributed by atoms with van der Waals surface area (Å²) < 4.78 is 7.54. The number of rotatable bonds is 9. The van der Waals surface area contributed by atoms with E-state index >= 15 is 0 Å². The van der Waals surface area contributed by atoms with Crippen molar-refractivity contribution < 1.29 is 17.1 Å². The molecule has 3 rings (SSSR count). The van der Waals surface area contributed by atoms with Crippen LogP contribution in [0.2, 0.25) is 5.02 Å². The highest BCUT2D eigenvalue weighted by Gasteiger charge is 2.02. The predicted molar refractivity (Wildman–Crippen MR) is 103 cm³/mol. The van der Waals surface area contributed by atoms with Crippen LogP contribution in [0.15, 0.2) is 53.7 Å². The van der Waals surface area contributed by atoms with Crippen LogP contribution in [0.3, 0.4) is 0 Å². The number of thioether (sulfide) groups is 1. The molecule has 1 heterocycles. The molecule has 1 N–H and O–H groups in total. The van der Waals surface area contributed by atoms with Crippen molar-refractivity contribution in [2.75, 3.05) is 12.3 Å². The fourth-order valence-corrected chi connectivity index (χ4v) is 3.16. The average molecular weight is 425 g/mol. The summed E-state index contributed by atoms with van der Waals surface area (Å²) >= 11 is 7.53. The summed E-state index contributed by atoms with van der Waals surface area (Å²) in [7, 11) is 1.84. The zero-order chi connectivity index (χ0) is 18.2. The molecule has 0 amide bonds. The van der Waals surface area contributed by atoms with Crippen molar-refractivity contribution in [3.63, 3.8) is 0 Å². The molecule has 9 heteroatoms. The summed E-state index contributed by atoms with van der Waals surface area (Å²) in [5.74, 6) is 1.76. The highest BCUT2D eigenvalue weighted by molar-refractivity contribution is 7.99. The van der Waals surface area contributed by atoms with Gasteiger partial charge in [0.1, 0.15) is 12.4 Å². The van der Waals surface area contributed by atoms with Gasteiger partial charge in [0, 0.05) is 30.9 Å². The monoisotopic (exact) mass is 424 g/mol. The smallest absolute Gasteiger partial charge is 0.209 e. The van der Waals surface area contributed by atoms with E-state index in [9.17, 15) is 0 Å². The topological polar surface area (TPSA) is 64.9 Å². The van der Waals surface area contributed by atoms with Crippen LogP contribution < -0.4 is 22.5 Å². The van der Waals surface area contributed by atoms with Crippen LogP contribution >= 0.6 is 23.4 Å². The number of aromatic nitrogens is 4. The van der Waals surface area contributed by atoms with Crippen molar-refractivity contribution in [1.29, 1.82) is 0 Å². The third kappa shape index (κ3) is 7.03. The molecular weight excluding hydrogens is 405 g/mol. The molecule has 0 spiro atoms. The number of halogens is 2. The molecule has 0 aliphatic rings. The Kier molecular flexibility index (Phi) is 8.87. The molecule has 0 fully saturated rings. The van der Waals surface area contributed by atoms with Crippen LogP contribution in [0.25, 0.3) is 0 Å². The first-order chi connectivity index (χ1) is 12.7. The van der Waals surface area contributed by atoms with Gasteiger partial charge < -0.3 is 22.5 Å². The third-order valence-electron chi connectivity index (χ3n) is 3.64. The van der Waals surface area contributed by atoms with Gasteiger partial charge in [0.25, 0.3) is 0 Å². The average Bonchev–Trinajstić information content (AvgIpc) is 3.06. The first-order valence-electron chi connectivity index (χ1n) is 8.23. The van der Waals surface area contributed by atoms with Crippen molar-refractivity contribution >= 4 is 23.4 Å². The van der Waals surface area contributed by atoms with Crippen molar-refractivity contribution in [2.45, 2.75) is 18.3 Å². The lowest BCUT2D eigenvalue weighted by molar-refractivity contribution is -0.00000579. The maximum atomic E-state index is 5.90. The summed E-state index contributed by atoms with van der Waals surface area (Å²) in [6.07, 6.45) is 0. The molecule has 0 aliphatic heterocycles. The Labute approximate surface area is 174 Å². The molecule has 144 valence electrons. The van der Waals surface area contributed by atoms with Gasteiger partial charge in [-0.1, -0.05) is 47.6 Å². The third-order valence-corrected chi connectivity index (χ3v) is 4.90. The molecule has 0 unspecified atom stereocenters. The Morgan fingerprint density at radius 3 is 2.70 bits per heavy atom. The molecule has 0 atom stereocenters. The minimum absolute atomic E-state index is 0. The predicted octanol–water partition coefficient (Wildman–Crippen LogP) is 0.328. The number of nitrogens with zero attached hydrogens (tertiary/aromatic N) is 4. The van der Waals surface area contributed by atoms with Crippen LogP contribution in [0.4, 0.5) is 0 Å². The van der Waals surface area contributed by atoms with Gasteiger partial charge in [-0.25, -0.2) is 4.68 Å². The van der Waals surface area contributed by atoms with E-state index in [1.165, 1.54) is 5.56 Å². The van der Waals surface area contributed by atoms with Gasteiger partial charge in [0.2, 0.25) is 5.16 Å². The number of ether oxygens (including phenoxy) is 1. The Bertz CT molecular complexity index is 829. The fraction of sp³-hybridized carbons (Fsp3) is 0.278. The lowest BCUT2D eigenvalue weighted by Crippen LogP contribution is -3.00. The molecule has 27 heavy (non-hydrogen) atoms. The van der Waals surface area contributed by atoms with E-state index in [0.29, 0.717) is 6.61 Å². The molecule has 0 saturated heterocycles. The second-order valence-electron chi connectivity index (χ2n) is 5.67. The lowest BCUT2D eigenvalue weighted by atomic mass is 10.2. The first-order valence-corrected chi connectivity index (χ1v) is 9.59. The van der Waals surface area contributed by atoms with Gasteiger partial charge in [0.15, 0.2) is 0 Å². The number of nitrogens with one attached hydrogen (secondary N) is 1. The lowest BCUT2D eigenvalue weighted by Gasteiger charge is -2.09. The first kappa shape index (κ1) is 21.5. The van der Waals surface area contributed by atoms with Crippen LogP contribution in [-0.2, 0) is 20.2 Å². The fourth-order valence-electron chi connectivity index (χ4n) is 2.28. The van der Waals surface area contributed by atoms with Gasteiger partial charge in [-0.05, 0) is 45.8 Å². The molecule has 1 aromatic heterocycles. The van der Waals surface area contributed by atoms with Crippen molar-refractivity contribution in [3.05, 3.63) is 64.7 Å². The van der Waals surface area contributed by atoms with Gasteiger partial charge in [-0.3, -0.25) is 0 Å². The molecule has 0 saturated carbocycles.